The number of hydrogen-bond acceptors (Lipinski definition) is 3. The summed E-state index contributed by atoms with van der Waals surface area (Å²) in [5.74, 6) is -1.03. The Morgan fingerprint density at radius 3 is 2.74 bits per heavy atom. The van der Waals surface area contributed by atoms with Crippen LogP contribution in [0, 0.1) is 5.82 Å². The monoisotopic (exact) mass is 315 g/mol. The summed E-state index contributed by atoms with van der Waals surface area (Å²) in [4.78, 5) is 11.5. The number of alkyl carbamates (subject to hydrolysis) is 1. The predicted molar refractivity (Wildman–Crippen MR) is 86.3 cm³/mol. The van der Waals surface area contributed by atoms with E-state index in [1.54, 1.807) is 12.1 Å². The van der Waals surface area contributed by atoms with Crippen LogP contribution in [0.3, 0.4) is 0 Å². The van der Waals surface area contributed by atoms with Crippen LogP contribution in [-0.2, 0) is 11.3 Å². The van der Waals surface area contributed by atoms with Gasteiger partial charge in [-0.15, -0.1) is 0 Å². The maximum Gasteiger partial charge on any atom is 0.407 e. The van der Waals surface area contributed by atoms with Gasteiger partial charge >= 0.3 is 6.09 Å². The Morgan fingerprint density at radius 2 is 2.00 bits per heavy atom. The van der Waals surface area contributed by atoms with Crippen LogP contribution in [0.25, 0.3) is 6.08 Å². The summed E-state index contributed by atoms with van der Waals surface area (Å²) in [5, 5.41) is 11.9. The average Bonchev–Trinajstić information content (AvgIpc) is 2.57. The van der Waals surface area contributed by atoms with Gasteiger partial charge in [-0.1, -0.05) is 48.6 Å². The smallest absolute Gasteiger partial charge is 0.407 e. The highest BCUT2D eigenvalue weighted by atomic mass is 19.1. The Morgan fingerprint density at radius 1 is 1.22 bits per heavy atom. The number of aromatic hydroxyl groups is 1. The summed E-state index contributed by atoms with van der Waals surface area (Å²) in [6.45, 7) is 0.661. The molecule has 1 amide bonds. The number of phenols is 1. The first kappa shape index (κ1) is 16.5. The zero-order valence-electron chi connectivity index (χ0n) is 12.5. The Bertz CT molecular complexity index is 671. The van der Waals surface area contributed by atoms with Gasteiger partial charge in [0.1, 0.15) is 6.61 Å². The molecule has 0 bridgehead atoms. The van der Waals surface area contributed by atoms with Gasteiger partial charge in [0.05, 0.1) is 0 Å². The van der Waals surface area contributed by atoms with E-state index in [2.05, 4.69) is 5.32 Å². The van der Waals surface area contributed by atoms with Crippen molar-refractivity contribution in [3.63, 3.8) is 0 Å². The molecule has 0 fully saturated rings. The molecule has 0 unspecified atom stereocenters. The van der Waals surface area contributed by atoms with Gasteiger partial charge in [-0.25, -0.2) is 9.18 Å². The van der Waals surface area contributed by atoms with Crippen molar-refractivity contribution in [2.75, 3.05) is 6.54 Å². The lowest BCUT2D eigenvalue weighted by Crippen LogP contribution is -2.24. The van der Waals surface area contributed by atoms with Crippen molar-refractivity contribution < 1.29 is 19.0 Å². The molecule has 120 valence electrons. The Hall–Kier alpha value is -2.82. The van der Waals surface area contributed by atoms with Crippen molar-refractivity contribution in [2.24, 2.45) is 0 Å². The van der Waals surface area contributed by atoms with Crippen molar-refractivity contribution in [3.05, 3.63) is 71.6 Å². The number of rotatable bonds is 6. The molecule has 23 heavy (non-hydrogen) atoms. The number of hydrogen-bond donors (Lipinski definition) is 2. The minimum Gasteiger partial charge on any atom is -0.505 e. The fourth-order valence-corrected chi connectivity index (χ4v) is 1.88. The summed E-state index contributed by atoms with van der Waals surface area (Å²) < 4.78 is 18.0. The lowest BCUT2D eigenvalue weighted by Gasteiger charge is -2.05. The molecule has 0 atom stereocenters. The van der Waals surface area contributed by atoms with Crippen molar-refractivity contribution >= 4 is 12.2 Å². The number of amides is 1. The Kier molecular flexibility index (Phi) is 6.17. The van der Waals surface area contributed by atoms with Crippen molar-refractivity contribution in [1.29, 1.82) is 0 Å². The highest BCUT2D eigenvalue weighted by Crippen LogP contribution is 2.17. The predicted octanol–water partition coefficient (Wildman–Crippen LogP) is 3.86. The molecule has 0 aliphatic rings. The number of carbonyl (C=O) groups is 1. The van der Waals surface area contributed by atoms with Gasteiger partial charge < -0.3 is 15.2 Å². The molecule has 0 spiro atoms. The van der Waals surface area contributed by atoms with Gasteiger partial charge in [-0.05, 0) is 29.7 Å². The Balaban J connectivity index is 1.65. The lowest BCUT2D eigenvalue weighted by atomic mass is 10.2. The quantitative estimate of drug-likeness (QED) is 0.796. The Labute approximate surface area is 134 Å². The second-order valence-electron chi connectivity index (χ2n) is 4.89. The first-order chi connectivity index (χ1) is 11.1. The maximum absolute atomic E-state index is 12.9. The summed E-state index contributed by atoms with van der Waals surface area (Å²) in [7, 11) is 0. The summed E-state index contributed by atoms with van der Waals surface area (Å²) in [6, 6.07) is 13.5. The van der Waals surface area contributed by atoms with Crippen LogP contribution in [-0.4, -0.2) is 17.7 Å². The molecule has 0 aliphatic heterocycles. The molecule has 4 nitrogen and oxygen atoms in total. The third-order valence-corrected chi connectivity index (χ3v) is 3.07. The maximum atomic E-state index is 12.9. The largest absolute Gasteiger partial charge is 0.505 e. The van der Waals surface area contributed by atoms with E-state index in [1.807, 2.05) is 36.4 Å². The van der Waals surface area contributed by atoms with E-state index in [0.29, 0.717) is 18.5 Å². The fourth-order valence-electron chi connectivity index (χ4n) is 1.88. The van der Waals surface area contributed by atoms with E-state index in [9.17, 15) is 14.3 Å². The van der Waals surface area contributed by atoms with Crippen molar-refractivity contribution in [2.45, 2.75) is 13.0 Å². The molecule has 0 radical (unpaired) electrons. The van der Waals surface area contributed by atoms with E-state index in [0.717, 1.165) is 5.56 Å². The normalized spacial score (nSPS) is 10.7. The highest BCUT2D eigenvalue weighted by Gasteiger charge is 2.01. The minimum absolute atomic E-state index is 0.234. The third kappa shape index (κ3) is 5.82. The molecule has 5 heteroatoms. The number of ether oxygens (including phenoxy) is 1. The molecule has 2 aromatic carbocycles. The van der Waals surface area contributed by atoms with Crippen LogP contribution in [0.4, 0.5) is 9.18 Å². The van der Waals surface area contributed by atoms with E-state index in [-0.39, 0.29) is 12.4 Å². The second kappa shape index (κ2) is 8.58. The van der Waals surface area contributed by atoms with Crippen molar-refractivity contribution in [3.8, 4) is 5.75 Å². The first-order valence-corrected chi connectivity index (χ1v) is 7.25. The van der Waals surface area contributed by atoms with E-state index < -0.39 is 11.9 Å². The topological polar surface area (TPSA) is 58.6 Å². The third-order valence-electron chi connectivity index (χ3n) is 3.07. The molecule has 0 heterocycles. The van der Waals surface area contributed by atoms with Crippen LogP contribution in [0.2, 0.25) is 0 Å². The first-order valence-electron chi connectivity index (χ1n) is 7.25. The molecule has 2 aromatic rings. The van der Waals surface area contributed by atoms with Crippen LogP contribution < -0.4 is 5.32 Å². The average molecular weight is 315 g/mol. The van der Waals surface area contributed by atoms with Crippen LogP contribution in [0.1, 0.15) is 17.5 Å². The lowest BCUT2D eigenvalue weighted by molar-refractivity contribution is 0.140. The zero-order valence-corrected chi connectivity index (χ0v) is 12.5. The molecular weight excluding hydrogens is 297 g/mol. The highest BCUT2D eigenvalue weighted by molar-refractivity contribution is 5.67. The molecular formula is C18H18FNO3. The fraction of sp³-hybridized carbons (Fsp3) is 0.167. The standard InChI is InChI=1S/C18H18FNO3/c19-16-10-9-14(12-17(16)21)6-4-5-11-20-18(22)23-13-15-7-2-1-3-8-15/h1-4,6-10,12,21H,5,11,13H2,(H,20,22). The van der Waals surface area contributed by atoms with E-state index >= 15 is 0 Å². The van der Waals surface area contributed by atoms with Gasteiger partial charge in [-0.3, -0.25) is 0 Å². The SMILES string of the molecule is O=C(NCCC=Cc1ccc(F)c(O)c1)OCc1ccccc1. The van der Waals surface area contributed by atoms with Crippen LogP contribution in [0.5, 0.6) is 5.75 Å². The molecule has 0 aliphatic carbocycles. The van der Waals surface area contributed by atoms with Crippen LogP contribution >= 0.6 is 0 Å². The summed E-state index contributed by atoms with van der Waals surface area (Å²) >= 11 is 0. The molecule has 2 N–H and O–H groups in total. The van der Waals surface area contributed by atoms with Crippen LogP contribution in [0.15, 0.2) is 54.6 Å². The van der Waals surface area contributed by atoms with Gasteiger partial charge in [0.25, 0.3) is 0 Å². The van der Waals surface area contributed by atoms with Gasteiger partial charge in [0.15, 0.2) is 11.6 Å². The molecule has 0 saturated carbocycles. The van der Waals surface area contributed by atoms with Gasteiger partial charge in [-0.2, -0.15) is 0 Å². The number of phenolic OH excluding ortho intramolecular Hbond substituents is 1. The minimum atomic E-state index is -0.648. The molecule has 0 aromatic heterocycles. The van der Waals surface area contributed by atoms with E-state index in [1.165, 1.54) is 12.1 Å². The molecule has 0 saturated heterocycles. The zero-order chi connectivity index (χ0) is 16.5. The summed E-state index contributed by atoms with van der Waals surface area (Å²) in [6.07, 6.45) is 3.69. The van der Waals surface area contributed by atoms with Gasteiger partial charge in [0.2, 0.25) is 0 Å². The van der Waals surface area contributed by atoms with E-state index in [4.69, 9.17) is 4.74 Å². The summed E-state index contributed by atoms with van der Waals surface area (Å²) in [5.41, 5.74) is 1.62. The molecule has 2 rings (SSSR count). The number of carbonyl (C=O) groups excluding carboxylic acids is 1. The number of benzene rings is 2. The van der Waals surface area contributed by atoms with Crippen molar-refractivity contribution in [1.82, 2.24) is 5.32 Å². The second-order valence-corrected chi connectivity index (χ2v) is 4.89. The number of nitrogens with one attached hydrogen (secondary N) is 1. The van der Waals surface area contributed by atoms with Gasteiger partial charge in [0, 0.05) is 6.54 Å². The number of halogens is 1.